The minimum atomic E-state index is 0.466. The molecule has 0 aliphatic carbocycles. The van der Waals surface area contributed by atoms with Crippen molar-refractivity contribution in [1.82, 2.24) is 5.32 Å². The fourth-order valence-electron chi connectivity index (χ4n) is 1.61. The Kier molecular flexibility index (Phi) is 6.97. The molecule has 0 fully saturated rings. The number of unbranched alkanes of at least 4 members (excludes halogenated alkanes) is 1. The molecule has 0 aliphatic heterocycles. The maximum atomic E-state index is 6.08. The highest BCUT2D eigenvalue weighted by atomic mass is 79.9. The van der Waals surface area contributed by atoms with Gasteiger partial charge in [0, 0.05) is 10.9 Å². The summed E-state index contributed by atoms with van der Waals surface area (Å²) in [5, 5.41) is 4.43. The van der Waals surface area contributed by atoms with E-state index in [9.17, 15) is 0 Å². The van der Waals surface area contributed by atoms with Crippen LogP contribution in [0.2, 0.25) is 5.02 Å². The van der Waals surface area contributed by atoms with E-state index < -0.39 is 0 Å². The lowest BCUT2D eigenvalue weighted by atomic mass is 10.1. The fraction of sp³-hybridized carbons (Fsp3) is 0.667. The smallest absolute Gasteiger partial charge is 0.0887 e. The van der Waals surface area contributed by atoms with Crippen LogP contribution in [0, 0.1) is 0 Å². The maximum Gasteiger partial charge on any atom is 0.0887 e. The van der Waals surface area contributed by atoms with Crippen LogP contribution in [0.3, 0.4) is 0 Å². The predicted molar refractivity (Wildman–Crippen MR) is 77.6 cm³/mol. The third-order valence-corrected chi connectivity index (χ3v) is 5.08. The number of rotatable bonds is 7. The minimum Gasteiger partial charge on any atom is -0.309 e. The quantitative estimate of drug-likeness (QED) is 0.708. The van der Waals surface area contributed by atoms with Crippen LogP contribution >= 0.6 is 38.9 Å². The summed E-state index contributed by atoms with van der Waals surface area (Å²) in [5.74, 6) is 0. The maximum absolute atomic E-state index is 6.08. The number of hydrogen-bond acceptors (Lipinski definition) is 2. The van der Waals surface area contributed by atoms with Crippen LogP contribution in [0.15, 0.2) is 9.85 Å². The zero-order chi connectivity index (χ0) is 12.0. The molecule has 16 heavy (non-hydrogen) atoms. The monoisotopic (exact) mass is 323 g/mol. The van der Waals surface area contributed by atoms with Crippen LogP contribution in [-0.2, 0) is 0 Å². The summed E-state index contributed by atoms with van der Waals surface area (Å²) in [5.41, 5.74) is 0. The molecule has 1 rings (SSSR count). The number of hydrogen-bond donors (Lipinski definition) is 1. The molecular formula is C12H19BrClNS. The van der Waals surface area contributed by atoms with Gasteiger partial charge in [0.15, 0.2) is 0 Å². The zero-order valence-corrected chi connectivity index (χ0v) is 13.0. The van der Waals surface area contributed by atoms with Gasteiger partial charge in [-0.1, -0.05) is 38.3 Å². The van der Waals surface area contributed by atoms with Crippen LogP contribution in [0.25, 0.3) is 0 Å². The van der Waals surface area contributed by atoms with Gasteiger partial charge in [-0.2, -0.15) is 0 Å². The van der Waals surface area contributed by atoms with Gasteiger partial charge in [-0.3, -0.25) is 0 Å². The van der Waals surface area contributed by atoms with Crippen LogP contribution < -0.4 is 5.32 Å². The first-order chi connectivity index (χ1) is 7.69. The van der Waals surface area contributed by atoms with E-state index in [0.29, 0.717) is 6.04 Å². The second-order valence-corrected chi connectivity index (χ2v) is 6.73. The molecule has 0 saturated carbocycles. The summed E-state index contributed by atoms with van der Waals surface area (Å²) in [6, 6.07) is 2.55. The summed E-state index contributed by atoms with van der Waals surface area (Å²) in [6.45, 7) is 5.50. The molecule has 4 heteroatoms. The molecule has 0 spiro atoms. The highest BCUT2D eigenvalue weighted by Gasteiger charge is 2.14. The van der Waals surface area contributed by atoms with Crippen molar-refractivity contribution in [2.24, 2.45) is 0 Å². The van der Waals surface area contributed by atoms with Crippen molar-refractivity contribution >= 4 is 38.9 Å². The molecule has 1 aromatic heterocycles. The van der Waals surface area contributed by atoms with Crippen molar-refractivity contribution in [2.75, 3.05) is 6.54 Å². The first kappa shape index (κ1) is 14.5. The molecular weight excluding hydrogens is 306 g/mol. The van der Waals surface area contributed by atoms with Crippen molar-refractivity contribution in [3.05, 3.63) is 19.8 Å². The Balaban J connectivity index is 2.66. The van der Waals surface area contributed by atoms with Crippen molar-refractivity contribution in [2.45, 2.75) is 45.6 Å². The average Bonchev–Trinajstić information content (AvgIpc) is 2.59. The molecule has 1 heterocycles. The summed E-state index contributed by atoms with van der Waals surface area (Å²) in [7, 11) is 0. The van der Waals surface area contributed by atoms with Crippen molar-refractivity contribution in [3.63, 3.8) is 0 Å². The second-order valence-electron chi connectivity index (χ2n) is 3.92. The largest absolute Gasteiger partial charge is 0.309 e. The van der Waals surface area contributed by atoms with E-state index >= 15 is 0 Å². The molecule has 0 amide bonds. The second kappa shape index (κ2) is 7.70. The van der Waals surface area contributed by atoms with E-state index in [1.54, 1.807) is 11.3 Å². The molecule has 1 aromatic rings. The SMILES string of the molecule is CCCCC(NCCC)c1cc(Cl)c(Br)s1. The van der Waals surface area contributed by atoms with E-state index in [1.165, 1.54) is 30.6 Å². The van der Waals surface area contributed by atoms with Crippen LogP contribution in [0.5, 0.6) is 0 Å². The van der Waals surface area contributed by atoms with E-state index in [-0.39, 0.29) is 0 Å². The van der Waals surface area contributed by atoms with E-state index in [1.807, 2.05) is 0 Å². The summed E-state index contributed by atoms with van der Waals surface area (Å²) in [4.78, 5) is 1.35. The number of thiophene rings is 1. The summed E-state index contributed by atoms with van der Waals surface area (Å²) >= 11 is 11.3. The first-order valence-electron chi connectivity index (χ1n) is 5.87. The minimum absolute atomic E-state index is 0.466. The number of halogens is 2. The lowest BCUT2D eigenvalue weighted by molar-refractivity contribution is 0.487. The number of nitrogens with one attached hydrogen (secondary N) is 1. The summed E-state index contributed by atoms with van der Waals surface area (Å²) in [6.07, 6.45) is 4.86. The first-order valence-corrected chi connectivity index (χ1v) is 7.85. The molecule has 92 valence electrons. The molecule has 0 aromatic carbocycles. The Bertz CT molecular complexity index is 286. The van der Waals surface area contributed by atoms with Gasteiger partial charge in [-0.15, -0.1) is 11.3 Å². The predicted octanol–water partition coefficient (Wildman–Crippen LogP) is 5.39. The lowest BCUT2D eigenvalue weighted by Gasteiger charge is -2.16. The van der Waals surface area contributed by atoms with E-state index in [0.717, 1.165) is 15.4 Å². The van der Waals surface area contributed by atoms with Gasteiger partial charge in [0.05, 0.1) is 8.81 Å². The molecule has 0 saturated heterocycles. The Hall–Kier alpha value is 0.430. The van der Waals surface area contributed by atoms with Gasteiger partial charge < -0.3 is 5.32 Å². The molecule has 0 aliphatic rings. The topological polar surface area (TPSA) is 12.0 Å². The van der Waals surface area contributed by atoms with Gasteiger partial charge >= 0.3 is 0 Å². The van der Waals surface area contributed by atoms with Crippen LogP contribution in [0.4, 0.5) is 0 Å². The van der Waals surface area contributed by atoms with E-state index in [2.05, 4.69) is 41.2 Å². The molecule has 1 N–H and O–H groups in total. The van der Waals surface area contributed by atoms with E-state index in [4.69, 9.17) is 11.6 Å². The molecule has 1 atom stereocenters. The Morgan fingerprint density at radius 2 is 2.19 bits per heavy atom. The average molecular weight is 325 g/mol. The van der Waals surface area contributed by atoms with Gasteiger partial charge in [0.1, 0.15) is 0 Å². The van der Waals surface area contributed by atoms with Gasteiger partial charge in [-0.05, 0) is 41.4 Å². The molecule has 1 nitrogen and oxygen atoms in total. The van der Waals surface area contributed by atoms with Crippen molar-refractivity contribution in [3.8, 4) is 0 Å². The standard InChI is InChI=1S/C12H19BrClNS/c1-3-5-6-10(15-7-4-2)11-8-9(14)12(13)16-11/h8,10,15H,3-7H2,1-2H3. The normalized spacial score (nSPS) is 13.0. The highest BCUT2D eigenvalue weighted by Crippen LogP contribution is 2.36. The van der Waals surface area contributed by atoms with Gasteiger partial charge in [0.2, 0.25) is 0 Å². The van der Waals surface area contributed by atoms with Crippen molar-refractivity contribution < 1.29 is 0 Å². The van der Waals surface area contributed by atoms with Crippen molar-refractivity contribution in [1.29, 1.82) is 0 Å². The third-order valence-electron chi connectivity index (χ3n) is 2.49. The van der Waals surface area contributed by atoms with Gasteiger partial charge in [0.25, 0.3) is 0 Å². The third kappa shape index (κ3) is 4.36. The molecule has 0 bridgehead atoms. The fourth-order valence-corrected chi connectivity index (χ4v) is 3.46. The lowest BCUT2D eigenvalue weighted by Crippen LogP contribution is -2.21. The summed E-state index contributed by atoms with van der Waals surface area (Å²) < 4.78 is 1.05. The molecule has 0 radical (unpaired) electrons. The van der Waals surface area contributed by atoms with Crippen LogP contribution in [-0.4, -0.2) is 6.54 Å². The zero-order valence-electron chi connectivity index (χ0n) is 9.85. The van der Waals surface area contributed by atoms with Crippen LogP contribution in [0.1, 0.15) is 50.4 Å². The Morgan fingerprint density at radius 1 is 1.44 bits per heavy atom. The highest BCUT2D eigenvalue weighted by molar-refractivity contribution is 9.11. The Morgan fingerprint density at radius 3 is 2.69 bits per heavy atom. The Labute approximate surface area is 116 Å². The molecule has 1 unspecified atom stereocenters. The van der Waals surface area contributed by atoms with Gasteiger partial charge in [-0.25, -0.2) is 0 Å².